The second kappa shape index (κ2) is 8.80. The van der Waals surface area contributed by atoms with Gasteiger partial charge in [-0.2, -0.15) is 5.10 Å². The number of hydrogen-bond donors (Lipinski definition) is 2. The second-order valence-electron chi connectivity index (χ2n) is 6.67. The van der Waals surface area contributed by atoms with Gasteiger partial charge >= 0.3 is 0 Å². The summed E-state index contributed by atoms with van der Waals surface area (Å²) in [5.74, 6) is 2.63. The predicted octanol–water partition coefficient (Wildman–Crippen LogP) is 1.46. The van der Waals surface area contributed by atoms with Crippen molar-refractivity contribution in [1.29, 1.82) is 0 Å². The monoisotopic (exact) mass is 356 g/mol. The van der Waals surface area contributed by atoms with E-state index in [1.807, 2.05) is 11.7 Å². The van der Waals surface area contributed by atoms with Crippen LogP contribution >= 0.6 is 0 Å². The molecular weight excluding hydrogens is 328 g/mol. The van der Waals surface area contributed by atoms with Crippen LogP contribution in [0.4, 0.5) is 0 Å². The molecule has 140 valence electrons. The summed E-state index contributed by atoms with van der Waals surface area (Å²) in [4.78, 5) is 8.86. The fourth-order valence-electron chi connectivity index (χ4n) is 3.14. The maximum absolute atomic E-state index is 5.12. The molecule has 0 spiro atoms. The molecule has 0 saturated carbocycles. The van der Waals surface area contributed by atoms with Crippen LogP contribution in [0.5, 0.6) is 0 Å². The summed E-state index contributed by atoms with van der Waals surface area (Å²) in [7, 11) is 3.47. The van der Waals surface area contributed by atoms with Crippen LogP contribution in [0.15, 0.2) is 29.3 Å². The molecule has 0 radical (unpaired) electrons. The molecule has 1 unspecified atom stereocenters. The lowest BCUT2D eigenvalue weighted by Gasteiger charge is -2.25. The third-order valence-corrected chi connectivity index (χ3v) is 4.57. The smallest absolute Gasteiger partial charge is 0.191 e. The summed E-state index contributed by atoms with van der Waals surface area (Å²) in [6, 6.07) is 8.96. The lowest BCUT2D eigenvalue weighted by molar-refractivity contribution is 0.177. The van der Waals surface area contributed by atoms with E-state index in [-0.39, 0.29) is 0 Å². The molecule has 2 aromatic rings. The zero-order valence-electron chi connectivity index (χ0n) is 15.8. The molecule has 1 aliphatic rings. The van der Waals surface area contributed by atoms with Crippen LogP contribution in [0.3, 0.4) is 0 Å². The third kappa shape index (κ3) is 4.82. The highest BCUT2D eigenvalue weighted by Crippen LogP contribution is 2.13. The lowest BCUT2D eigenvalue weighted by atomic mass is 10.1. The zero-order chi connectivity index (χ0) is 18.4. The lowest BCUT2D eigenvalue weighted by Crippen LogP contribution is -2.47. The first-order valence-electron chi connectivity index (χ1n) is 9.12. The van der Waals surface area contributed by atoms with Crippen molar-refractivity contribution in [3.63, 3.8) is 0 Å². The van der Waals surface area contributed by atoms with Crippen LogP contribution in [0.1, 0.15) is 29.2 Å². The Morgan fingerprint density at radius 3 is 2.88 bits per heavy atom. The van der Waals surface area contributed by atoms with Crippen LogP contribution in [0, 0.1) is 6.92 Å². The maximum Gasteiger partial charge on any atom is 0.191 e. The fraction of sp³-hybridized carbons (Fsp3) is 0.526. The number of methoxy groups -OCH3 is 1. The van der Waals surface area contributed by atoms with Gasteiger partial charge in [0, 0.05) is 33.2 Å². The van der Waals surface area contributed by atoms with E-state index < -0.39 is 0 Å². The highest BCUT2D eigenvalue weighted by molar-refractivity contribution is 5.79. The molecule has 3 rings (SSSR count). The molecule has 26 heavy (non-hydrogen) atoms. The van der Waals surface area contributed by atoms with E-state index in [1.54, 1.807) is 7.11 Å². The number of fused-ring (bicyclic) bond motifs is 1. The van der Waals surface area contributed by atoms with Gasteiger partial charge in [-0.25, -0.2) is 9.67 Å². The van der Waals surface area contributed by atoms with Gasteiger partial charge in [-0.3, -0.25) is 4.99 Å². The second-order valence-corrected chi connectivity index (χ2v) is 6.67. The third-order valence-electron chi connectivity index (χ3n) is 4.57. The number of ether oxygens (including phenoxy) is 1. The van der Waals surface area contributed by atoms with Gasteiger partial charge < -0.3 is 15.4 Å². The number of hydrogen-bond acceptors (Lipinski definition) is 4. The quantitative estimate of drug-likeness (QED) is 0.605. The van der Waals surface area contributed by atoms with Gasteiger partial charge in [0.1, 0.15) is 12.4 Å². The summed E-state index contributed by atoms with van der Waals surface area (Å²) < 4.78 is 7.10. The largest absolute Gasteiger partial charge is 0.377 e. The summed E-state index contributed by atoms with van der Waals surface area (Å²) in [5.41, 5.74) is 2.62. The molecule has 1 aromatic carbocycles. The summed E-state index contributed by atoms with van der Waals surface area (Å²) in [5, 5.41) is 11.4. The number of benzene rings is 1. The summed E-state index contributed by atoms with van der Waals surface area (Å²) >= 11 is 0. The van der Waals surface area contributed by atoms with Crippen molar-refractivity contribution in [3.05, 3.63) is 47.0 Å². The zero-order valence-corrected chi connectivity index (χ0v) is 15.8. The van der Waals surface area contributed by atoms with Crippen LogP contribution in [-0.2, 0) is 30.7 Å². The van der Waals surface area contributed by atoms with E-state index in [4.69, 9.17) is 4.74 Å². The molecule has 0 aliphatic carbocycles. The fourth-order valence-corrected chi connectivity index (χ4v) is 3.14. The van der Waals surface area contributed by atoms with Crippen molar-refractivity contribution >= 4 is 5.96 Å². The molecule has 7 heteroatoms. The van der Waals surface area contributed by atoms with E-state index in [2.05, 4.69) is 56.9 Å². The molecule has 0 saturated heterocycles. The highest BCUT2D eigenvalue weighted by Gasteiger charge is 2.22. The molecule has 1 atom stereocenters. The Labute approximate surface area is 154 Å². The van der Waals surface area contributed by atoms with Gasteiger partial charge in [0.2, 0.25) is 0 Å². The number of aliphatic imine (C=N–C) groups is 1. The van der Waals surface area contributed by atoms with E-state index >= 15 is 0 Å². The first-order chi connectivity index (χ1) is 12.7. The van der Waals surface area contributed by atoms with E-state index in [0.29, 0.717) is 12.6 Å². The molecular formula is C19H28N6O. The molecule has 0 fully saturated rings. The van der Waals surface area contributed by atoms with Crippen molar-refractivity contribution < 1.29 is 4.74 Å². The standard InChI is InChI=1S/C19H28N6O/c1-14-4-6-15(7-5-14)10-11-21-19(20-2)22-16-8-9-18-23-17(13-26-3)24-25(18)12-16/h4-7,16H,8-13H2,1-3H3,(H2,20,21,22). The summed E-state index contributed by atoms with van der Waals surface area (Å²) in [6.07, 6.45) is 2.90. The number of nitrogens with one attached hydrogen (secondary N) is 2. The van der Waals surface area contributed by atoms with Gasteiger partial charge in [0.05, 0.1) is 6.54 Å². The number of aryl methyl sites for hydroxylation is 2. The minimum absolute atomic E-state index is 0.296. The molecule has 2 heterocycles. The maximum atomic E-state index is 5.12. The van der Waals surface area contributed by atoms with Gasteiger partial charge in [-0.1, -0.05) is 29.8 Å². The van der Waals surface area contributed by atoms with E-state index in [9.17, 15) is 0 Å². The molecule has 7 nitrogen and oxygen atoms in total. The minimum atomic E-state index is 0.296. The molecule has 2 N–H and O–H groups in total. The van der Waals surface area contributed by atoms with Crippen LogP contribution in [0.25, 0.3) is 0 Å². The Balaban J connectivity index is 1.48. The molecule has 1 aromatic heterocycles. The van der Waals surface area contributed by atoms with Crippen molar-refractivity contribution in [1.82, 2.24) is 25.4 Å². The first-order valence-corrected chi connectivity index (χ1v) is 9.12. The Morgan fingerprint density at radius 1 is 1.35 bits per heavy atom. The van der Waals surface area contributed by atoms with Crippen molar-refractivity contribution in [2.24, 2.45) is 4.99 Å². The van der Waals surface area contributed by atoms with E-state index in [1.165, 1.54) is 11.1 Å². The molecule has 1 aliphatic heterocycles. The van der Waals surface area contributed by atoms with Gasteiger partial charge in [-0.05, 0) is 25.3 Å². The van der Waals surface area contributed by atoms with Gasteiger partial charge in [-0.15, -0.1) is 0 Å². The summed E-state index contributed by atoms with van der Waals surface area (Å²) in [6.45, 7) is 4.21. The van der Waals surface area contributed by atoms with Crippen LogP contribution in [0.2, 0.25) is 0 Å². The van der Waals surface area contributed by atoms with Crippen LogP contribution in [-0.4, -0.2) is 47.5 Å². The normalized spacial score (nSPS) is 17.0. The number of nitrogens with zero attached hydrogens (tertiary/aromatic N) is 4. The minimum Gasteiger partial charge on any atom is -0.377 e. The number of rotatable bonds is 6. The Bertz CT molecular complexity index is 737. The van der Waals surface area contributed by atoms with Crippen molar-refractivity contribution in [2.45, 2.75) is 45.4 Å². The topological polar surface area (TPSA) is 76.4 Å². The first kappa shape index (κ1) is 18.4. The SMILES string of the molecule is CN=C(NCCc1ccc(C)cc1)NC1CCc2nc(COC)nn2C1. The Morgan fingerprint density at radius 2 is 2.15 bits per heavy atom. The highest BCUT2D eigenvalue weighted by atomic mass is 16.5. The van der Waals surface area contributed by atoms with Crippen LogP contribution < -0.4 is 10.6 Å². The molecule has 0 amide bonds. The average Bonchev–Trinajstić information content (AvgIpc) is 3.04. The Kier molecular flexibility index (Phi) is 6.22. The van der Waals surface area contributed by atoms with Crippen molar-refractivity contribution in [2.75, 3.05) is 20.7 Å². The van der Waals surface area contributed by atoms with E-state index in [0.717, 1.165) is 50.0 Å². The molecule has 0 bridgehead atoms. The van der Waals surface area contributed by atoms with Gasteiger partial charge in [0.15, 0.2) is 11.8 Å². The van der Waals surface area contributed by atoms with Crippen molar-refractivity contribution in [3.8, 4) is 0 Å². The predicted molar refractivity (Wildman–Crippen MR) is 102 cm³/mol. The number of aromatic nitrogens is 3. The Hall–Kier alpha value is -2.41. The average molecular weight is 356 g/mol. The number of guanidine groups is 1. The van der Waals surface area contributed by atoms with Gasteiger partial charge in [0.25, 0.3) is 0 Å².